The molecule has 4 amide bonds. The van der Waals surface area contributed by atoms with Crippen LogP contribution in [-0.4, -0.2) is 85.4 Å². The number of imide groups is 1. The van der Waals surface area contributed by atoms with Crippen molar-refractivity contribution in [3.05, 3.63) is 70.0 Å². The number of ether oxygens (including phenoxy) is 2. The van der Waals surface area contributed by atoms with Crippen molar-refractivity contribution in [1.29, 1.82) is 0 Å². The second-order valence-corrected chi connectivity index (χ2v) is 12.0. The first-order valence-corrected chi connectivity index (χ1v) is 15.6. The molecule has 3 atom stereocenters. The minimum atomic E-state index is -1.10. The molecule has 1 unspecified atom stereocenters. The Labute approximate surface area is 276 Å². The number of urea groups is 1. The number of carbonyl (C=O) groups excluding carboxylic acids is 3. The van der Waals surface area contributed by atoms with Gasteiger partial charge in [0.2, 0.25) is 11.8 Å². The summed E-state index contributed by atoms with van der Waals surface area (Å²) in [5.74, 6) is -2.45. The van der Waals surface area contributed by atoms with Gasteiger partial charge in [-0.15, -0.1) is 0 Å². The molecule has 3 aromatic rings. The molecule has 0 bridgehead atoms. The summed E-state index contributed by atoms with van der Waals surface area (Å²) in [5.41, 5.74) is 2.66. The van der Waals surface area contributed by atoms with Gasteiger partial charge in [0.1, 0.15) is 17.5 Å². The van der Waals surface area contributed by atoms with E-state index in [9.17, 15) is 19.5 Å². The smallest absolute Gasteiger partial charge is 0.326 e. The fourth-order valence-corrected chi connectivity index (χ4v) is 6.26. The molecule has 3 aromatic carbocycles. The van der Waals surface area contributed by atoms with Crippen molar-refractivity contribution in [1.82, 2.24) is 15.1 Å². The highest BCUT2D eigenvalue weighted by molar-refractivity contribution is 6.39. The van der Waals surface area contributed by atoms with Gasteiger partial charge in [-0.1, -0.05) is 53.5 Å². The highest BCUT2D eigenvalue weighted by Gasteiger charge is 2.39. The van der Waals surface area contributed by atoms with E-state index in [1.165, 1.54) is 25.1 Å². The normalized spacial score (nSPS) is 20.2. The summed E-state index contributed by atoms with van der Waals surface area (Å²) in [4.78, 5) is 40.1. The molecule has 3 N–H and O–H groups in total. The second kappa shape index (κ2) is 14.4. The van der Waals surface area contributed by atoms with E-state index in [-0.39, 0.29) is 36.4 Å². The largest absolute Gasteiger partial charge is 0.493 e. The third-order valence-electron chi connectivity index (χ3n) is 8.19. The van der Waals surface area contributed by atoms with Gasteiger partial charge in [0.05, 0.1) is 35.1 Å². The molecule has 2 aliphatic rings. The van der Waals surface area contributed by atoms with E-state index >= 15 is 4.39 Å². The molecule has 2 saturated heterocycles. The van der Waals surface area contributed by atoms with E-state index in [0.717, 1.165) is 4.90 Å². The molecule has 244 valence electrons. The summed E-state index contributed by atoms with van der Waals surface area (Å²) >= 11 is 13.7. The SMILES string of the molecule is CCOc1cc(-c2cccc(-c3cccc(NC(=O)C4CN(C)C(=O)N(C)C4=O)c3Cl)c2Cl)cc(F)c1CN[C@@H]1CCOC[C@@H]1O. The molecule has 2 heterocycles. The molecule has 5 rings (SSSR count). The van der Waals surface area contributed by atoms with E-state index in [2.05, 4.69) is 10.6 Å². The standard InChI is InChI=1S/C33H35Cl2FN4O6/c1-4-46-28-14-18(13-24(36)22(28)15-37-25-11-12-45-17-27(25)41)19-7-5-8-20(29(19)34)21-9-6-10-26(30(21)35)38-31(42)23-16-39(2)33(44)40(3)32(23)43/h5-10,13-14,23,25,27,37,41H,4,11-12,15-17H2,1-3H3,(H,38,42)/t23?,25-,27+/m1/s1. The van der Waals surface area contributed by atoms with Crippen molar-refractivity contribution in [2.75, 3.05) is 45.8 Å². The van der Waals surface area contributed by atoms with Crippen LogP contribution in [0.2, 0.25) is 10.0 Å². The minimum absolute atomic E-state index is 0.0638. The quantitative estimate of drug-likeness (QED) is 0.268. The molecular weight excluding hydrogens is 638 g/mol. The highest BCUT2D eigenvalue weighted by atomic mass is 35.5. The van der Waals surface area contributed by atoms with Gasteiger partial charge in [0, 0.05) is 62.1 Å². The predicted molar refractivity (Wildman–Crippen MR) is 173 cm³/mol. The van der Waals surface area contributed by atoms with E-state index < -0.39 is 35.7 Å². The molecule has 46 heavy (non-hydrogen) atoms. The van der Waals surface area contributed by atoms with Crippen LogP contribution in [-0.2, 0) is 20.9 Å². The number of aliphatic hydroxyl groups excluding tert-OH is 1. The summed E-state index contributed by atoms with van der Waals surface area (Å²) in [6, 6.07) is 12.7. The number of anilines is 1. The number of carbonyl (C=O) groups is 3. The Bertz CT molecular complexity index is 1660. The number of hydrogen-bond donors (Lipinski definition) is 3. The maximum Gasteiger partial charge on any atom is 0.326 e. The predicted octanol–water partition coefficient (Wildman–Crippen LogP) is 5.18. The molecule has 2 aliphatic heterocycles. The third-order valence-corrected chi connectivity index (χ3v) is 9.01. The Hall–Kier alpha value is -3.74. The Morgan fingerprint density at radius 1 is 1.09 bits per heavy atom. The lowest BCUT2D eigenvalue weighted by Crippen LogP contribution is -2.56. The lowest BCUT2D eigenvalue weighted by atomic mass is 9.96. The number of halogens is 3. The topological polar surface area (TPSA) is 120 Å². The van der Waals surface area contributed by atoms with Crippen LogP contribution in [0, 0.1) is 11.7 Å². The molecule has 2 fully saturated rings. The van der Waals surface area contributed by atoms with Crippen LogP contribution in [0.3, 0.4) is 0 Å². The average Bonchev–Trinajstić information content (AvgIpc) is 3.03. The first-order chi connectivity index (χ1) is 22.0. The van der Waals surface area contributed by atoms with Crippen molar-refractivity contribution in [2.45, 2.75) is 32.0 Å². The first-order valence-electron chi connectivity index (χ1n) is 14.9. The number of amides is 4. The van der Waals surface area contributed by atoms with Crippen LogP contribution in [0.4, 0.5) is 14.9 Å². The van der Waals surface area contributed by atoms with Crippen LogP contribution < -0.4 is 15.4 Å². The lowest BCUT2D eigenvalue weighted by molar-refractivity contribution is -0.140. The maximum absolute atomic E-state index is 15.7. The Morgan fingerprint density at radius 3 is 2.50 bits per heavy atom. The van der Waals surface area contributed by atoms with Crippen LogP contribution in [0.25, 0.3) is 22.3 Å². The van der Waals surface area contributed by atoms with Crippen molar-refractivity contribution in [3.63, 3.8) is 0 Å². The number of nitrogens with one attached hydrogen (secondary N) is 2. The van der Waals surface area contributed by atoms with Crippen molar-refractivity contribution in [3.8, 4) is 28.0 Å². The molecule has 10 nitrogen and oxygen atoms in total. The lowest BCUT2D eigenvalue weighted by Gasteiger charge is -2.33. The Balaban J connectivity index is 1.42. The van der Waals surface area contributed by atoms with Crippen molar-refractivity contribution < 1.29 is 33.4 Å². The molecule has 13 heteroatoms. The van der Waals surface area contributed by atoms with Gasteiger partial charge < -0.3 is 30.1 Å². The highest BCUT2D eigenvalue weighted by Crippen LogP contribution is 2.42. The summed E-state index contributed by atoms with van der Waals surface area (Å²) in [6.45, 7) is 2.95. The van der Waals surface area contributed by atoms with Gasteiger partial charge in [-0.3, -0.25) is 14.5 Å². The van der Waals surface area contributed by atoms with E-state index in [4.69, 9.17) is 32.7 Å². The zero-order valence-corrected chi connectivity index (χ0v) is 27.1. The summed E-state index contributed by atoms with van der Waals surface area (Å²) < 4.78 is 26.8. The zero-order valence-electron chi connectivity index (χ0n) is 25.6. The fourth-order valence-electron chi connectivity index (χ4n) is 5.65. The fraction of sp³-hybridized carbons (Fsp3) is 0.364. The number of aliphatic hydroxyl groups is 1. The molecule has 0 aromatic heterocycles. The van der Waals surface area contributed by atoms with Crippen LogP contribution in [0.15, 0.2) is 48.5 Å². The van der Waals surface area contributed by atoms with Gasteiger partial charge in [0.15, 0.2) is 0 Å². The average molecular weight is 674 g/mol. The second-order valence-electron chi connectivity index (χ2n) is 11.2. The van der Waals surface area contributed by atoms with Crippen molar-refractivity contribution in [2.24, 2.45) is 5.92 Å². The van der Waals surface area contributed by atoms with Gasteiger partial charge in [-0.25, -0.2) is 9.18 Å². The van der Waals surface area contributed by atoms with Gasteiger partial charge >= 0.3 is 6.03 Å². The number of hydrogen-bond acceptors (Lipinski definition) is 7. The molecule has 0 saturated carbocycles. The van der Waals surface area contributed by atoms with E-state index in [0.29, 0.717) is 58.2 Å². The molecule has 0 spiro atoms. The van der Waals surface area contributed by atoms with Gasteiger partial charge in [-0.2, -0.15) is 0 Å². The number of benzene rings is 3. The number of rotatable bonds is 9. The van der Waals surface area contributed by atoms with Crippen LogP contribution >= 0.6 is 23.2 Å². The monoisotopic (exact) mass is 672 g/mol. The third kappa shape index (κ3) is 6.84. The maximum atomic E-state index is 15.7. The Morgan fingerprint density at radius 2 is 1.78 bits per heavy atom. The molecule has 0 aliphatic carbocycles. The van der Waals surface area contributed by atoms with Gasteiger partial charge in [-0.05, 0) is 37.1 Å². The molecular formula is C33H35Cl2FN4O6. The van der Waals surface area contributed by atoms with E-state index in [1.807, 2.05) is 6.92 Å². The number of nitrogens with zero attached hydrogens (tertiary/aromatic N) is 2. The summed E-state index contributed by atoms with van der Waals surface area (Å²) in [6.07, 6.45) is -0.0784. The van der Waals surface area contributed by atoms with Gasteiger partial charge in [0.25, 0.3) is 0 Å². The summed E-state index contributed by atoms with van der Waals surface area (Å²) in [7, 11) is 2.84. The zero-order chi connectivity index (χ0) is 33.1. The van der Waals surface area contributed by atoms with Crippen molar-refractivity contribution >= 4 is 46.7 Å². The van der Waals surface area contributed by atoms with Crippen LogP contribution in [0.1, 0.15) is 18.9 Å². The minimum Gasteiger partial charge on any atom is -0.493 e. The Kier molecular flexibility index (Phi) is 10.5. The first kappa shape index (κ1) is 33.6. The van der Waals surface area contributed by atoms with E-state index in [1.54, 1.807) is 42.5 Å². The molecule has 0 radical (unpaired) electrons. The summed E-state index contributed by atoms with van der Waals surface area (Å²) in [5, 5.41) is 16.7. The van der Waals surface area contributed by atoms with Crippen LogP contribution in [0.5, 0.6) is 5.75 Å².